The zero-order valence-corrected chi connectivity index (χ0v) is 30.8. The third kappa shape index (κ3) is 10.0. The van der Waals surface area contributed by atoms with E-state index in [1.165, 1.54) is 5.56 Å². The molecule has 0 aliphatic heterocycles. The highest BCUT2D eigenvalue weighted by Gasteiger charge is 2.10. The summed E-state index contributed by atoms with van der Waals surface area (Å²) in [6.07, 6.45) is 6.03. The molecule has 9 heteroatoms. The van der Waals surface area contributed by atoms with E-state index in [2.05, 4.69) is 78.3 Å². The van der Waals surface area contributed by atoms with Crippen LogP contribution in [-0.2, 0) is 4.79 Å². The van der Waals surface area contributed by atoms with Crippen LogP contribution in [0, 0.1) is 0 Å². The van der Waals surface area contributed by atoms with Crippen molar-refractivity contribution in [2.75, 3.05) is 17.6 Å². The van der Waals surface area contributed by atoms with Gasteiger partial charge in [-0.15, -0.1) is 0 Å². The summed E-state index contributed by atoms with van der Waals surface area (Å²) in [7, 11) is 0. The molecular formula is C38H36Br2Cl2N4O. The second-order valence-electron chi connectivity index (χ2n) is 11.0. The molecule has 242 valence electrons. The van der Waals surface area contributed by atoms with Gasteiger partial charge in [0.2, 0.25) is 0 Å². The number of benzene rings is 4. The van der Waals surface area contributed by atoms with Crippen LogP contribution >= 0.6 is 55.1 Å². The van der Waals surface area contributed by atoms with Crippen LogP contribution in [-0.4, -0.2) is 22.8 Å². The monoisotopic (exact) mass is 792 g/mol. The number of nitrogen functional groups attached to an aromatic ring is 1. The van der Waals surface area contributed by atoms with Gasteiger partial charge < -0.3 is 15.8 Å². The number of hydrogen-bond donors (Lipinski definition) is 2. The molecule has 4 aromatic carbocycles. The van der Waals surface area contributed by atoms with Gasteiger partial charge in [-0.25, -0.2) is 0 Å². The van der Waals surface area contributed by atoms with Gasteiger partial charge in [0.25, 0.3) is 0 Å². The number of nitrogens with one attached hydrogen (secondary N) is 1. The maximum Gasteiger partial charge on any atom is 0.120 e. The maximum absolute atomic E-state index is 10.3. The molecule has 0 aliphatic carbocycles. The largest absolute Gasteiger partial charge is 0.397 e. The van der Waals surface area contributed by atoms with Crippen LogP contribution in [0.15, 0.2) is 118 Å². The SMILES string of the molecule is CC(CC=O)c1ccccc1Cl.CC(CCNc1ccc(Br)c2cccnc12)c1ccccc1Cl.Nc1ccc(Br)c2cccnc12. The molecule has 0 spiro atoms. The summed E-state index contributed by atoms with van der Waals surface area (Å²) < 4.78 is 2.09. The highest BCUT2D eigenvalue weighted by atomic mass is 79.9. The Morgan fingerprint density at radius 2 is 1.26 bits per heavy atom. The van der Waals surface area contributed by atoms with E-state index >= 15 is 0 Å². The van der Waals surface area contributed by atoms with Gasteiger partial charge in [0, 0.05) is 55.1 Å². The summed E-state index contributed by atoms with van der Waals surface area (Å²) in [6, 6.07) is 31.5. The molecule has 0 saturated carbocycles. The van der Waals surface area contributed by atoms with Crippen LogP contribution in [0.2, 0.25) is 10.0 Å². The number of hydrogen-bond acceptors (Lipinski definition) is 5. The first kappa shape index (κ1) is 36.3. The number of carbonyl (C=O) groups is 1. The fraction of sp³-hybridized carbons (Fsp3) is 0.184. The average Bonchev–Trinajstić information content (AvgIpc) is 3.09. The van der Waals surface area contributed by atoms with Crippen molar-refractivity contribution in [2.24, 2.45) is 0 Å². The fourth-order valence-electron chi connectivity index (χ4n) is 5.04. The number of fused-ring (bicyclic) bond motifs is 2. The van der Waals surface area contributed by atoms with Gasteiger partial charge in [-0.3, -0.25) is 9.97 Å². The summed E-state index contributed by atoms with van der Waals surface area (Å²) in [5.41, 5.74) is 11.6. The van der Waals surface area contributed by atoms with Crippen LogP contribution in [0.5, 0.6) is 0 Å². The van der Waals surface area contributed by atoms with Crippen LogP contribution < -0.4 is 11.1 Å². The van der Waals surface area contributed by atoms with Crippen LogP contribution in [0.25, 0.3) is 21.8 Å². The molecule has 0 bridgehead atoms. The van der Waals surface area contributed by atoms with E-state index < -0.39 is 0 Å². The molecular weight excluding hydrogens is 759 g/mol. The van der Waals surface area contributed by atoms with Crippen LogP contribution in [0.1, 0.15) is 49.7 Å². The average molecular weight is 795 g/mol. The fourth-order valence-corrected chi connectivity index (χ4v) is 6.59. The van der Waals surface area contributed by atoms with E-state index in [1.807, 2.05) is 85.9 Å². The lowest BCUT2D eigenvalue weighted by molar-refractivity contribution is -0.108. The first-order chi connectivity index (χ1) is 22.7. The zero-order chi connectivity index (χ0) is 33.8. The Bertz CT molecular complexity index is 1900. The molecule has 6 aromatic rings. The van der Waals surface area contributed by atoms with Crippen LogP contribution in [0.3, 0.4) is 0 Å². The summed E-state index contributed by atoms with van der Waals surface area (Å²) in [4.78, 5) is 18.9. The summed E-state index contributed by atoms with van der Waals surface area (Å²) in [6.45, 7) is 5.08. The summed E-state index contributed by atoms with van der Waals surface area (Å²) in [5, 5.41) is 7.27. The lowest BCUT2D eigenvalue weighted by Crippen LogP contribution is -2.07. The van der Waals surface area contributed by atoms with Gasteiger partial charge in [-0.05, 0) is 77.9 Å². The zero-order valence-electron chi connectivity index (χ0n) is 26.1. The quantitative estimate of drug-likeness (QED) is 0.118. The smallest absolute Gasteiger partial charge is 0.120 e. The van der Waals surface area contributed by atoms with Gasteiger partial charge >= 0.3 is 0 Å². The second-order valence-corrected chi connectivity index (χ2v) is 13.5. The van der Waals surface area contributed by atoms with Crippen molar-refractivity contribution in [1.29, 1.82) is 0 Å². The Morgan fingerprint density at radius 3 is 1.83 bits per heavy atom. The molecule has 0 fully saturated rings. The molecule has 3 N–H and O–H groups in total. The van der Waals surface area contributed by atoms with Crippen molar-refractivity contribution in [3.63, 3.8) is 0 Å². The molecule has 0 radical (unpaired) electrons. The van der Waals surface area contributed by atoms with Gasteiger partial charge in [-0.2, -0.15) is 0 Å². The maximum atomic E-state index is 10.3. The molecule has 2 heterocycles. The Balaban J connectivity index is 0.000000176. The third-order valence-corrected chi connectivity index (χ3v) is 9.75. The first-order valence-electron chi connectivity index (χ1n) is 15.2. The predicted octanol–water partition coefficient (Wildman–Crippen LogP) is 11.9. The first-order valence-corrected chi connectivity index (χ1v) is 17.5. The van der Waals surface area contributed by atoms with E-state index in [4.69, 9.17) is 28.9 Å². The van der Waals surface area contributed by atoms with E-state index in [9.17, 15) is 4.79 Å². The standard InChI is InChI=1S/C19H18BrClN2.C10H11ClO.C9H7BrN2/c1-13(14-5-2-3-7-17(14)21)10-12-22-18-9-8-16(20)15-6-4-11-23-19(15)18;1-8(6-7-12)9-4-2-3-5-10(9)11;10-7-3-4-8(11)9-6(7)2-1-5-12-9/h2-9,11,13,22H,10,12H2,1H3;2-5,7-8H,6H2,1H3;1-5H,11H2. The summed E-state index contributed by atoms with van der Waals surface area (Å²) >= 11 is 19.2. The van der Waals surface area contributed by atoms with Crippen molar-refractivity contribution in [3.8, 4) is 0 Å². The Labute approximate surface area is 303 Å². The normalized spacial score (nSPS) is 11.9. The second kappa shape index (κ2) is 18.2. The number of carbonyl (C=O) groups excluding carboxylic acids is 1. The molecule has 47 heavy (non-hydrogen) atoms. The van der Waals surface area contributed by atoms with Gasteiger partial charge in [-0.1, -0.05) is 117 Å². The van der Waals surface area contributed by atoms with E-state index in [1.54, 1.807) is 6.20 Å². The Morgan fingerprint density at radius 1 is 0.723 bits per heavy atom. The molecule has 0 saturated heterocycles. The molecule has 2 unspecified atom stereocenters. The molecule has 2 aromatic heterocycles. The van der Waals surface area contributed by atoms with E-state index in [0.717, 1.165) is 71.3 Å². The number of aldehydes is 1. The number of aromatic nitrogens is 2. The molecule has 6 rings (SSSR count). The predicted molar refractivity (Wildman–Crippen MR) is 207 cm³/mol. The van der Waals surface area contributed by atoms with Crippen molar-refractivity contribution in [1.82, 2.24) is 9.97 Å². The minimum atomic E-state index is 0.219. The number of nitrogens with two attached hydrogens (primary N) is 1. The number of pyridine rings is 2. The highest BCUT2D eigenvalue weighted by molar-refractivity contribution is 9.11. The number of nitrogens with zero attached hydrogens (tertiary/aromatic N) is 2. The Kier molecular flexibility index (Phi) is 14.0. The van der Waals surface area contributed by atoms with Gasteiger partial charge in [0.15, 0.2) is 0 Å². The summed E-state index contributed by atoms with van der Waals surface area (Å²) in [5.74, 6) is 0.627. The van der Waals surface area contributed by atoms with Gasteiger partial charge in [0.05, 0.1) is 22.4 Å². The minimum Gasteiger partial charge on any atom is -0.397 e. The highest BCUT2D eigenvalue weighted by Crippen LogP contribution is 2.30. The van der Waals surface area contributed by atoms with Gasteiger partial charge in [0.1, 0.15) is 6.29 Å². The number of halogens is 4. The lowest BCUT2D eigenvalue weighted by atomic mass is 9.98. The topological polar surface area (TPSA) is 80.9 Å². The number of anilines is 2. The van der Waals surface area contributed by atoms with Crippen molar-refractivity contribution in [3.05, 3.63) is 140 Å². The van der Waals surface area contributed by atoms with Crippen molar-refractivity contribution in [2.45, 2.75) is 38.5 Å². The molecule has 5 nitrogen and oxygen atoms in total. The van der Waals surface area contributed by atoms with Crippen LogP contribution in [0.4, 0.5) is 11.4 Å². The molecule has 0 aliphatic rings. The van der Waals surface area contributed by atoms with Crippen molar-refractivity contribution >= 4 is 94.5 Å². The van der Waals surface area contributed by atoms with Crippen molar-refractivity contribution < 1.29 is 4.79 Å². The Hall–Kier alpha value is -3.49. The number of rotatable bonds is 8. The minimum absolute atomic E-state index is 0.219. The van der Waals surface area contributed by atoms with E-state index in [0.29, 0.717) is 18.0 Å². The van der Waals surface area contributed by atoms with E-state index in [-0.39, 0.29) is 5.92 Å². The molecule has 2 atom stereocenters. The lowest BCUT2D eigenvalue weighted by Gasteiger charge is -2.15. The molecule has 0 amide bonds. The third-order valence-electron chi connectivity index (χ3n) is 7.68.